The lowest BCUT2D eigenvalue weighted by molar-refractivity contribution is -0.114. The van der Waals surface area contributed by atoms with Gasteiger partial charge in [0.05, 0.1) is 4.88 Å². The SMILES string of the molecule is CC(=O)Nc1cccc(-c2ccc(C(=O)NC3CC4CCN(C4)C3)s2)c1. The number of nitrogens with one attached hydrogen (secondary N) is 2. The molecule has 2 aliphatic rings. The van der Waals surface area contributed by atoms with Crippen LogP contribution < -0.4 is 10.6 Å². The number of carbonyl (C=O) groups is 2. The maximum Gasteiger partial charge on any atom is 0.261 e. The summed E-state index contributed by atoms with van der Waals surface area (Å²) in [7, 11) is 0. The summed E-state index contributed by atoms with van der Waals surface area (Å²) in [5.74, 6) is 0.668. The molecule has 3 atom stereocenters. The molecule has 3 unspecified atom stereocenters. The minimum Gasteiger partial charge on any atom is -0.347 e. The molecule has 136 valence electrons. The molecule has 2 aliphatic heterocycles. The van der Waals surface area contributed by atoms with E-state index in [-0.39, 0.29) is 17.9 Å². The molecule has 2 bridgehead atoms. The normalized spacial score (nSPS) is 24.3. The molecule has 3 heterocycles. The van der Waals surface area contributed by atoms with Crippen molar-refractivity contribution in [2.24, 2.45) is 5.92 Å². The van der Waals surface area contributed by atoms with Crippen LogP contribution in [0.4, 0.5) is 5.69 Å². The van der Waals surface area contributed by atoms with Gasteiger partial charge in [0.25, 0.3) is 5.91 Å². The molecule has 2 amide bonds. The highest BCUT2D eigenvalue weighted by Gasteiger charge is 2.33. The fourth-order valence-electron chi connectivity index (χ4n) is 3.99. The minimum atomic E-state index is -0.0921. The van der Waals surface area contributed by atoms with Crippen LogP contribution in [0.3, 0.4) is 0 Å². The summed E-state index contributed by atoms with van der Waals surface area (Å²) < 4.78 is 0. The number of piperidine rings is 1. The highest BCUT2D eigenvalue weighted by atomic mass is 32.1. The van der Waals surface area contributed by atoms with E-state index in [1.54, 1.807) is 0 Å². The third-order valence-corrected chi connectivity index (χ3v) is 6.23. The Balaban J connectivity index is 1.44. The Hall–Kier alpha value is -2.18. The number of thiophene rings is 1. The van der Waals surface area contributed by atoms with Gasteiger partial charge in [0.2, 0.25) is 5.91 Å². The van der Waals surface area contributed by atoms with Gasteiger partial charge in [-0.1, -0.05) is 12.1 Å². The average molecular weight is 369 g/mol. The van der Waals surface area contributed by atoms with Crippen molar-refractivity contribution in [1.82, 2.24) is 10.2 Å². The molecule has 2 N–H and O–H groups in total. The predicted octanol–water partition coefficient (Wildman–Crippen LogP) is 3.20. The maximum atomic E-state index is 12.6. The van der Waals surface area contributed by atoms with Crippen LogP contribution in [0.5, 0.6) is 0 Å². The van der Waals surface area contributed by atoms with Gasteiger partial charge >= 0.3 is 0 Å². The summed E-state index contributed by atoms with van der Waals surface area (Å²) in [6.45, 7) is 4.83. The molecule has 26 heavy (non-hydrogen) atoms. The topological polar surface area (TPSA) is 61.4 Å². The van der Waals surface area contributed by atoms with E-state index in [0.717, 1.165) is 39.9 Å². The van der Waals surface area contributed by atoms with Crippen molar-refractivity contribution in [3.8, 4) is 10.4 Å². The lowest BCUT2D eigenvalue weighted by atomic mass is 9.97. The van der Waals surface area contributed by atoms with Crippen LogP contribution in [-0.2, 0) is 4.79 Å². The predicted molar refractivity (Wildman–Crippen MR) is 104 cm³/mol. The van der Waals surface area contributed by atoms with Gasteiger partial charge in [0.15, 0.2) is 0 Å². The quantitative estimate of drug-likeness (QED) is 0.870. The lowest BCUT2D eigenvalue weighted by Crippen LogP contribution is -2.46. The van der Waals surface area contributed by atoms with E-state index in [4.69, 9.17) is 0 Å². The molecule has 0 spiro atoms. The summed E-state index contributed by atoms with van der Waals surface area (Å²) in [6.07, 6.45) is 2.36. The summed E-state index contributed by atoms with van der Waals surface area (Å²) >= 11 is 1.49. The van der Waals surface area contributed by atoms with Crippen LogP contribution >= 0.6 is 11.3 Å². The Morgan fingerprint density at radius 2 is 2.08 bits per heavy atom. The molecule has 4 rings (SSSR count). The van der Waals surface area contributed by atoms with Crippen molar-refractivity contribution in [2.45, 2.75) is 25.8 Å². The molecular weight excluding hydrogens is 346 g/mol. The Morgan fingerprint density at radius 3 is 2.88 bits per heavy atom. The molecule has 0 aliphatic carbocycles. The van der Waals surface area contributed by atoms with E-state index in [9.17, 15) is 9.59 Å². The number of hydrogen-bond donors (Lipinski definition) is 2. The molecular formula is C20H23N3O2S. The van der Waals surface area contributed by atoms with Gasteiger partial charge in [0.1, 0.15) is 0 Å². The van der Waals surface area contributed by atoms with E-state index in [0.29, 0.717) is 0 Å². The number of hydrogen-bond acceptors (Lipinski definition) is 4. The third-order valence-electron chi connectivity index (χ3n) is 5.10. The van der Waals surface area contributed by atoms with Crippen LogP contribution in [0.25, 0.3) is 10.4 Å². The molecule has 5 nitrogen and oxygen atoms in total. The summed E-state index contributed by atoms with van der Waals surface area (Å²) in [4.78, 5) is 28.1. The van der Waals surface area contributed by atoms with Crippen LogP contribution in [-0.4, -0.2) is 42.4 Å². The maximum absolute atomic E-state index is 12.6. The largest absolute Gasteiger partial charge is 0.347 e. The number of benzene rings is 1. The highest BCUT2D eigenvalue weighted by Crippen LogP contribution is 2.31. The first-order valence-electron chi connectivity index (χ1n) is 9.08. The standard InChI is InChI=1S/C20H23N3O2S/c1-13(24)21-16-4-2-3-15(10-16)18-5-6-19(26-18)20(25)22-17-9-14-7-8-23(11-14)12-17/h2-6,10,14,17H,7-9,11-12H2,1H3,(H,21,24)(H,22,25). The van der Waals surface area contributed by atoms with Gasteiger partial charge in [-0.3, -0.25) is 9.59 Å². The zero-order valence-corrected chi connectivity index (χ0v) is 15.6. The molecule has 2 aromatic rings. The Bertz CT molecular complexity index is 820. The molecule has 2 fully saturated rings. The second kappa shape index (κ2) is 7.21. The van der Waals surface area contributed by atoms with Gasteiger partial charge in [-0.15, -0.1) is 11.3 Å². The summed E-state index contributed by atoms with van der Waals surface area (Å²) in [5, 5.41) is 6.01. The van der Waals surface area contributed by atoms with E-state index in [1.807, 2.05) is 36.4 Å². The van der Waals surface area contributed by atoms with Crippen molar-refractivity contribution in [1.29, 1.82) is 0 Å². The lowest BCUT2D eigenvalue weighted by Gasteiger charge is -2.30. The second-order valence-corrected chi connectivity index (χ2v) is 8.33. The highest BCUT2D eigenvalue weighted by molar-refractivity contribution is 7.17. The van der Waals surface area contributed by atoms with Crippen LogP contribution in [0.2, 0.25) is 0 Å². The zero-order valence-electron chi connectivity index (χ0n) is 14.8. The molecule has 1 aromatic carbocycles. The average Bonchev–Trinajstić information content (AvgIpc) is 3.21. The first-order valence-corrected chi connectivity index (χ1v) is 9.89. The first-order chi connectivity index (χ1) is 12.6. The van der Waals surface area contributed by atoms with Gasteiger partial charge in [-0.2, -0.15) is 0 Å². The van der Waals surface area contributed by atoms with Gasteiger partial charge in [-0.05, 0) is 55.1 Å². The monoisotopic (exact) mass is 369 g/mol. The number of carbonyl (C=O) groups excluding carboxylic acids is 2. The Labute approximate surface area is 157 Å². The number of nitrogens with zero attached hydrogens (tertiary/aromatic N) is 1. The summed E-state index contributed by atoms with van der Waals surface area (Å²) in [5.41, 5.74) is 1.77. The zero-order chi connectivity index (χ0) is 18.1. The number of fused-ring (bicyclic) bond motifs is 2. The van der Waals surface area contributed by atoms with Crippen molar-refractivity contribution in [2.75, 3.05) is 25.0 Å². The van der Waals surface area contributed by atoms with Gasteiger partial charge < -0.3 is 15.5 Å². The fraction of sp³-hybridized carbons (Fsp3) is 0.400. The minimum absolute atomic E-state index is 0.0202. The summed E-state index contributed by atoms with van der Waals surface area (Å²) in [6, 6.07) is 11.8. The number of anilines is 1. The molecule has 1 aromatic heterocycles. The number of rotatable bonds is 4. The van der Waals surface area contributed by atoms with Gasteiger partial charge in [-0.25, -0.2) is 0 Å². The first kappa shape index (κ1) is 17.2. The van der Waals surface area contributed by atoms with Crippen LogP contribution in [0.1, 0.15) is 29.4 Å². The van der Waals surface area contributed by atoms with E-state index >= 15 is 0 Å². The van der Waals surface area contributed by atoms with Crippen molar-refractivity contribution < 1.29 is 9.59 Å². The van der Waals surface area contributed by atoms with Crippen LogP contribution in [0.15, 0.2) is 36.4 Å². The second-order valence-electron chi connectivity index (χ2n) is 7.25. The number of amides is 2. The van der Waals surface area contributed by atoms with Crippen molar-refractivity contribution in [3.63, 3.8) is 0 Å². The Morgan fingerprint density at radius 1 is 1.19 bits per heavy atom. The van der Waals surface area contributed by atoms with Crippen molar-refractivity contribution in [3.05, 3.63) is 41.3 Å². The smallest absolute Gasteiger partial charge is 0.261 e. The third kappa shape index (κ3) is 3.81. The molecule has 2 saturated heterocycles. The fourth-order valence-corrected chi connectivity index (χ4v) is 4.89. The molecule has 0 radical (unpaired) electrons. The molecule has 6 heteroatoms. The molecule has 0 saturated carbocycles. The van der Waals surface area contributed by atoms with Gasteiger partial charge in [0, 0.05) is 36.6 Å². The van der Waals surface area contributed by atoms with Crippen molar-refractivity contribution >= 4 is 28.8 Å². The van der Waals surface area contributed by atoms with E-state index in [2.05, 4.69) is 15.5 Å². The van der Waals surface area contributed by atoms with Crippen LogP contribution in [0, 0.1) is 5.92 Å². The Kier molecular flexibility index (Phi) is 4.78. The van der Waals surface area contributed by atoms with E-state index < -0.39 is 0 Å². The van der Waals surface area contributed by atoms with E-state index in [1.165, 1.54) is 37.8 Å².